The van der Waals surface area contributed by atoms with Gasteiger partial charge >= 0.3 is 0 Å². The first-order chi connectivity index (χ1) is 13.5. The van der Waals surface area contributed by atoms with E-state index in [9.17, 15) is 8.42 Å². The molecule has 0 radical (unpaired) electrons. The average molecular weight is 440 g/mol. The summed E-state index contributed by atoms with van der Waals surface area (Å²) in [4.78, 5) is 3.41. The highest BCUT2D eigenvalue weighted by atomic mass is 35.5. The Kier molecular flexibility index (Phi) is 7.69. The van der Waals surface area contributed by atoms with E-state index in [4.69, 9.17) is 16.3 Å². The van der Waals surface area contributed by atoms with Gasteiger partial charge in [-0.1, -0.05) is 35.9 Å². The van der Waals surface area contributed by atoms with Gasteiger partial charge in [-0.15, -0.1) is 11.8 Å². The van der Waals surface area contributed by atoms with Gasteiger partial charge in [0.15, 0.2) is 9.84 Å². The van der Waals surface area contributed by atoms with Crippen LogP contribution in [0.3, 0.4) is 0 Å². The lowest BCUT2D eigenvalue weighted by atomic mass is 10.1. The molecule has 1 aliphatic rings. The van der Waals surface area contributed by atoms with Crippen LogP contribution < -0.4 is 4.74 Å². The number of halogens is 1. The Bertz CT molecular complexity index is 871. The van der Waals surface area contributed by atoms with E-state index in [1.54, 1.807) is 18.9 Å². The number of hydrogen-bond acceptors (Lipinski definition) is 5. The lowest BCUT2D eigenvalue weighted by molar-refractivity contribution is 0.204. The Morgan fingerprint density at radius 3 is 2.57 bits per heavy atom. The summed E-state index contributed by atoms with van der Waals surface area (Å²) in [6.45, 7) is 1.62. The Labute approximate surface area is 177 Å². The maximum atomic E-state index is 12.0. The zero-order valence-electron chi connectivity index (χ0n) is 16.0. The van der Waals surface area contributed by atoms with E-state index in [1.807, 2.05) is 48.5 Å². The number of hydrogen-bond donors (Lipinski definition) is 0. The standard InChI is InChI=1S/C21H26ClNO3S2/c1-26-19-9-7-17(8-10-19)15-23(18-11-14-28(24,25)16-18)12-4-13-27-21-6-3-2-5-20(21)22/h2-3,5-10,18H,4,11-16H2,1H3. The van der Waals surface area contributed by atoms with Crippen molar-refractivity contribution in [3.8, 4) is 5.75 Å². The van der Waals surface area contributed by atoms with Gasteiger partial charge in [-0.05, 0) is 55.0 Å². The third kappa shape index (κ3) is 6.14. The third-order valence-corrected chi connectivity index (χ3v) is 8.31. The van der Waals surface area contributed by atoms with Crippen LogP contribution in [0.4, 0.5) is 0 Å². The van der Waals surface area contributed by atoms with E-state index in [0.29, 0.717) is 5.75 Å². The molecule has 0 bridgehead atoms. The second kappa shape index (κ2) is 10.0. The van der Waals surface area contributed by atoms with Gasteiger partial charge in [0.2, 0.25) is 0 Å². The molecule has 0 saturated carbocycles. The first kappa shape index (κ1) is 21.5. The zero-order valence-corrected chi connectivity index (χ0v) is 18.4. The van der Waals surface area contributed by atoms with Crippen molar-refractivity contribution in [3.05, 3.63) is 59.1 Å². The third-order valence-electron chi connectivity index (χ3n) is 4.95. The molecule has 0 spiro atoms. The minimum Gasteiger partial charge on any atom is -0.497 e. The van der Waals surface area contributed by atoms with Crippen molar-refractivity contribution in [1.29, 1.82) is 0 Å². The molecule has 2 aromatic carbocycles. The molecule has 0 amide bonds. The number of methoxy groups -OCH3 is 1. The molecular formula is C21H26ClNO3S2. The van der Waals surface area contributed by atoms with Crippen LogP contribution in [0.25, 0.3) is 0 Å². The molecule has 3 rings (SSSR count). The van der Waals surface area contributed by atoms with E-state index in [0.717, 1.165) is 47.4 Å². The molecule has 1 heterocycles. The highest BCUT2D eigenvalue weighted by Crippen LogP contribution is 2.28. The summed E-state index contributed by atoms with van der Waals surface area (Å²) in [5, 5.41) is 0.782. The van der Waals surface area contributed by atoms with Crippen molar-refractivity contribution >= 4 is 33.2 Å². The lowest BCUT2D eigenvalue weighted by Gasteiger charge is -2.28. The van der Waals surface area contributed by atoms with Gasteiger partial charge < -0.3 is 4.74 Å². The molecule has 152 valence electrons. The van der Waals surface area contributed by atoms with Crippen LogP contribution in [-0.2, 0) is 16.4 Å². The fourth-order valence-corrected chi connectivity index (χ4v) is 6.37. The average Bonchev–Trinajstić information content (AvgIpc) is 3.05. The summed E-state index contributed by atoms with van der Waals surface area (Å²) >= 11 is 7.97. The van der Waals surface area contributed by atoms with E-state index >= 15 is 0 Å². The summed E-state index contributed by atoms with van der Waals surface area (Å²) in [5.41, 5.74) is 1.17. The van der Waals surface area contributed by atoms with Gasteiger partial charge in [0.05, 0.1) is 23.6 Å². The summed E-state index contributed by atoms with van der Waals surface area (Å²) in [5.74, 6) is 2.34. The van der Waals surface area contributed by atoms with Gasteiger partial charge in [0.1, 0.15) is 5.75 Å². The van der Waals surface area contributed by atoms with Gasteiger partial charge in [-0.3, -0.25) is 4.90 Å². The summed E-state index contributed by atoms with van der Waals surface area (Å²) in [6, 6.07) is 16.0. The largest absolute Gasteiger partial charge is 0.497 e. The highest BCUT2D eigenvalue weighted by Gasteiger charge is 2.32. The first-order valence-corrected chi connectivity index (χ1v) is 12.6. The van der Waals surface area contributed by atoms with Gasteiger partial charge in [-0.25, -0.2) is 8.42 Å². The Morgan fingerprint density at radius 2 is 1.93 bits per heavy atom. The molecular weight excluding hydrogens is 414 g/mol. The topological polar surface area (TPSA) is 46.6 Å². The van der Waals surface area contributed by atoms with Crippen molar-refractivity contribution in [2.24, 2.45) is 0 Å². The summed E-state index contributed by atoms with van der Waals surface area (Å²) < 4.78 is 29.2. The van der Waals surface area contributed by atoms with E-state index in [2.05, 4.69) is 4.90 Å². The molecule has 1 aliphatic heterocycles. The molecule has 7 heteroatoms. The maximum absolute atomic E-state index is 12.0. The normalized spacial score (nSPS) is 18.5. The van der Waals surface area contributed by atoms with E-state index in [1.165, 1.54) is 5.56 Å². The fourth-order valence-electron chi connectivity index (χ4n) is 3.43. The molecule has 0 aliphatic carbocycles. The minimum atomic E-state index is -2.91. The van der Waals surface area contributed by atoms with Crippen LogP contribution in [0.15, 0.2) is 53.4 Å². The van der Waals surface area contributed by atoms with Crippen molar-refractivity contribution in [2.45, 2.75) is 30.3 Å². The van der Waals surface area contributed by atoms with Crippen LogP contribution in [-0.4, -0.2) is 50.3 Å². The van der Waals surface area contributed by atoms with Crippen LogP contribution in [0, 0.1) is 0 Å². The molecule has 1 saturated heterocycles. The lowest BCUT2D eigenvalue weighted by Crippen LogP contribution is -2.36. The summed E-state index contributed by atoms with van der Waals surface area (Å²) in [7, 11) is -1.25. The van der Waals surface area contributed by atoms with Crippen molar-refractivity contribution in [3.63, 3.8) is 0 Å². The van der Waals surface area contributed by atoms with Gasteiger partial charge in [0.25, 0.3) is 0 Å². The quantitative estimate of drug-likeness (QED) is 0.424. The number of rotatable bonds is 9. The molecule has 1 fully saturated rings. The zero-order chi connectivity index (χ0) is 20.0. The van der Waals surface area contributed by atoms with Crippen LogP contribution in [0.1, 0.15) is 18.4 Å². The molecule has 0 N–H and O–H groups in total. The fraction of sp³-hybridized carbons (Fsp3) is 0.429. The van der Waals surface area contributed by atoms with Gasteiger partial charge in [0, 0.05) is 17.5 Å². The van der Waals surface area contributed by atoms with Crippen molar-refractivity contribution < 1.29 is 13.2 Å². The number of ether oxygens (including phenoxy) is 1. The maximum Gasteiger partial charge on any atom is 0.151 e. The second-order valence-electron chi connectivity index (χ2n) is 7.01. The number of nitrogens with zero attached hydrogens (tertiary/aromatic N) is 1. The monoisotopic (exact) mass is 439 g/mol. The molecule has 0 aromatic heterocycles. The molecule has 1 unspecified atom stereocenters. The first-order valence-electron chi connectivity index (χ1n) is 9.41. The number of benzene rings is 2. The molecule has 2 aromatic rings. The van der Waals surface area contributed by atoms with Gasteiger partial charge in [-0.2, -0.15) is 0 Å². The van der Waals surface area contributed by atoms with Crippen molar-refractivity contribution in [1.82, 2.24) is 4.90 Å². The second-order valence-corrected chi connectivity index (χ2v) is 10.8. The number of thioether (sulfide) groups is 1. The van der Waals surface area contributed by atoms with E-state index in [-0.39, 0.29) is 11.8 Å². The molecule has 28 heavy (non-hydrogen) atoms. The smallest absolute Gasteiger partial charge is 0.151 e. The van der Waals surface area contributed by atoms with E-state index < -0.39 is 9.84 Å². The van der Waals surface area contributed by atoms with Crippen LogP contribution in [0.2, 0.25) is 5.02 Å². The molecule has 1 atom stereocenters. The predicted molar refractivity (Wildman–Crippen MR) is 117 cm³/mol. The minimum absolute atomic E-state index is 0.0948. The predicted octanol–water partition coefficient (Wildman–Crippen LogP) is 4.52. The highest BCUT2D eigenvalue weighted by molar-refractivity contribution is 7.99. The molecule has 4 nitrogen and oxygen atoms in total. The Balaban J connectivity index is 1.60. The Hall–Kier alpha value is -1.21. The van der Waals surface area contributed by atoms with Crippen molar-refractivity contribution in [2.75, 3.05) is 30.9 Å². The Morgan fingerprint density at radius 1 is 1.18 bits per heavy atom. The van der Waals surface area contributed by atoms with Crippen LogP contribution in [0.5, 0.6) is 5.75 Å². The number of sulfone groups is 1. The SMILES string of the molecule is COc1ccc(CN(CCCSc2ccccc2Cl)C2CCS(=O)(=O)C2)cc1. The summed E-state index contributed by atoms with van der Waals surface area (Å²) in [6.07, 6.45) is 1.69. The van der Waals surface area contributed by atoms with Crippen LogP contribution >= 0.6 is 23.4 Å².